The third-order valence-corrected chi connectivity index (χ3v) is 4.14. The minimum Gasteiger partial charge on any atom is -0.478 e. The fourth-order valence-electron chi connectivity index (χ4n) is 2.95. The Hall–Kier alpha value is -1.42. The Balaban J connectivity index is 2.18. The minimum absolute atomic E-state index is 0.157. The van der Waals surface area contributed by atoms with Gasteiger partial charge in [-0.3, -0.25) is 4.90 Å². The van der Waals surface area contributed by atoms with Crippen LogP contribution >= 0.6 is 0 Å². The van der Waals surface area contributed by atoms with Gasteiger partial charge in [-0.05, 0) is 44.0 Å². The average molecular weight is 279 g/mol. The quantitative estimate of drug-likeness (QED) is 0.914. The van der Waals surface area contributed by atoms with Gasteiger partial charge in [0, 0.05) is 18.2 Å². The van der Waals surface area contributed by atoms with E-state index in [-0.39, 0.29) is 11.4 Å². The van der Waals surface area contributed by atoms with Crippen molar-refractivity contribution in [1.29, 1.82) is 0 Å². The van der Waals surface area contributed by atoms with Gasteiger partial charge in [-0.25, -0.2) is 9.18 Å². The van der Waals surface area contributed by atoms with E-state index in [0.717, 1.165) is 25.8 Å². The number of aromatic carboxylic acids is 1. The molecule has 110 valence electrons. The number of hydrogen-bond acceptors (Lipinski definition) is 2. The standard InChI is InChI=1S/C16H22FNO2/c1-2-14-6-4-3-5-9-18(14)11-13-10-12(16(19)20)7-8-15(13)17/h7-8,10,14H,2-6,9,11H2,1H3,(H,19,20). The van der Waals surface area contributed by atoms with E-state index in [1.807, 2.05) is 0 Å². The molecule has 1 unspecified atom stereocenters. The second-order valence-corrected chi connectivity index (χ2v) is 5.49. The third-order valence-electron chi connectivity index (χ3n) is 4.14. The molecule has 20 heavy (non-hydrogen) atoms. The van der Waals surface area contributed by atoms with E-state index in [0.29, 0.717) is 18.2 Å². The molecule has 3 nitrogen and oxygen atoms in total. The van der Waals surface area contributed by atoms with Gasteiger partial charge < -0.3 is 5.11 Å². The van der Waals surface area contributed by atoms with Crippen molar-refractivity contribution < 1.29 is 14.3 Å². The maximum Gasteiger partial charge on any atom is 0.335 e. The molecule has 1 aromatic carbocycles. The fraction of sp³-hybridized carbons (Fsp3) is 0.562. The first-order valence-electron chi connectivity index (χ1n) is 7.37. The first-order chi connectivity index (χ1) is 9.61. The second-order valence-electron chi connectivity index (χ2n) is 5.49. The summed E-state index contributed by atoms with van der Waals surface area (Å²) in [4.78, 5) is 13.3. The molecule has 1 aromatic rings. The molecule has 0 aromatic heterocycles. The highest BCUT2D eigenvalue weighted by Crippen LogP contribution is 2.22. The van der Waals surface area contributed by atoms with Crippen molar-refractivity contribution in [2.24, 2.45) is 0 Å². The van der Waals surface area contributed by atoms with E-state index in [2.05, 4.69) is 11.8 Å². The molecule has 1 fully saturated rings. The highest BCUT2D eigenvalue weighted by molar-refractivity contribution is 5.87. The Bertz CT molecular complexity index is 476. The van der Waals surface area contributed by atoms with E-state index >= 15 is 0 Å². The molecule has 1 heterocycles. The number of likely N-dealkylation sites (tertiary alicyclic amines) is 1. The van der Waals surface area contributed by atoms with Gasteiger partial charge in [-0.2, -0.15) is 0 Å². The van der Waals surface area contributed by atoms with Gasteiger partial charge in [0.1, 0.15) is 5.82 Å². The maximum absolute atomic E-state index is 13.9. The molecule has 1 aliphatic heterocycles. The normalized spacial score (nSPS) is 20.6. The van der Waals surface area contributed by atoms with E-state index in [9.17, 15) is 9.18 Å². The molecular formula is C16H22FNO2. The molecule has 1 atom stereocenters. The van der Waals surface area contributed by atoms with Crippen molar-refractivity contribution in [1.82, 2.24) is 4.90 Å². The van der Waals surface area contributed by atoms with E-state index in [4.69, 9.17) is 5.11 Å². The van der Waals surface area contributed by atoms with Crippen molar-refractivity contribution >= 4 is 5.97 Å². The maximum atomic E-state index is 13.9. The summed E-state index contributed by atoms with van der Waals surface area (Å²) in [5.41, 5.74) is 0.648. The predicted molar refractivity (Wildman–Crippen MR) is 76.3 cm³/mol. The topological polar surface area (TPSA) is 40.5 Å². The monoisotopic (exact) mass is 279 g/mol. The molecule has 4 heteroatoms. The Morgan fingerprint density at radius 3 is 2.90 bits per heavy atom. The zero-order chi connectivity index (χ0) is 14.5. The Labute approximate surface area is 119 Å². The number of nitrogens with zero attached hydrogens (tertiary/aromatic N) is 1. The van der Waals surface area contributed by atoms with E-state index in [1.54, 1.807) is 0 Å². The van der Waals surface area contributed by atoms with Crippen molar-refractivity contribution in [2.45, 2.75) is 51.6 Å². The summed E-state index contributed by atoms with van der Waals surface area (Å²) in [7, 11) is 0. The molecule has 1 N–H and O–H groups in total. The molecule has 1 aliphatic rings. The van der Waals surface area contributed by atoms with Crippen molar-refractivity contribution in [3.05, 3.63) is 35.1 Å². The summed E-state index contributed by atoms with van der Waals surface area (Å²) in [5.74, 6) is -1.32. The number of carboxylic acid groups (broad SMARTS) is 1. The van der Waals surface area contributed by atoms with Crippen LogP contribution in [0.25, 0.3) is 0 Å². The molecular weight excluding hydrogens is 257 g/mol. The number of hydrogen-bond donors (Lipinski definition) is 1. The lowest BCUT2D eigenvalue weighted by atomic mass is 10.1. The molecule has 0 bridgehead atoms. The summed E-state index contributed by atoms with van der Waals surface area (Å²) in [5, 5.41) is 9.01. The zero-order valence-electron chi connectivity index (χ0n) is 11.9. The van der Waals surface area contributed by atoms with Gasteiger partial charge in [0.2, 0.25) is 0 Å². The summed E-state index contributed by atoms with van der Waals surface area (Å²) in [6, 6.07) is 4.53. The first kappa shape index (κ1) is 15.0. The molecule has 0 aliphatic carbocycles. The van der Waals surface area contributed by atoms with E-state index < -0.39 is 5.97 Å². The van der Waals surface area contributed by atoms with Crippen LogP contribution in [0.4, 0.5) is 4.39 Å². The number of carboxylic acids is 1. The number of benzene rings is 1. The smallest absolute Gasteiger partial charge is 0.335 e. The zero-order valence-corrected chi connectivity index (χ0v) is 11.9. The van der Waals surface area contributed by atoms with Crippen molar-refractivity contribution in [3.8, 4) is 0 Å². The third kappa shape index (κ3) is 3.57. The molecule has 0 radical (unpaired) electrons. The van der Waals surface area contributed by atoms with Crippen LogP contribution < -0.4 is 0 Å². The van der Waals surface area contributed by atoms with Gasteiger partial charge >= 0.3 is 5.97 Å². The van der Waals surface area contributed by atoms with Crippen LogP contribution in [0.5, 0.6) is 0 Å². The van der Waals surface area contributed by atoms with Crippen molar-refractivity contribution in [2.75, 3.05) is 6.54 Å². The Kier molecular flexibility index (Phi) is 5.12. The van der Waals surface area contributed by atoms with Gasteiger partial charge in [-0.1, -0.05) is 19.8 Å². The number of rotatable bonds is 4. The number of halogens is 1. The van der Waals surface area contributed by atoms with Gasteiger partial charge in [0.15, 0.2) is 0 Å². The molecule has 0 saturated carbocycles. The SMILES string of the molecule is CCC1CCCCCN1Cc1cc(C(=O)O)ccc1F. The molecule has 0 amide bonds. The lowest BCUT2D eigenvalue weighted by molar-refractivity contribution is 0.0696. The summed E-state index contributed by atoms with van der Waals surface area (Å²) < 4.78 is 13.9. The summed E-state index contributed by atoms with van der Waals surface area (Å²) in [6.45, 7) is 3.63. The van der Waals surface area contributed by atoms with E-state index in [1.165, 1.54) is 31.0 Å². The predicted octanol–water partition coefficient (Wildman–Crippen LogP) is 3.68. The van der Waals surface area contributed by atoms with Crippen LogP contribution in [-0.2, 0) is 6.54 Å². The van der Waals surface area contributed by atoms with Crippen LogP contribution in [0.1, 0.15) is 54.9 Å². The average Bonchev–Trinajstić information content (AvgIpc) is 2.66. The molecule has 2 rings (SSSR count). The summed E-state index contributed by atoms with van der Waals surface area (Å²) >= 11 is 0. The van der Waals surface area contributed by atoms with Gasteiger partial charge in [0.05, 0.1) is 5.56 Å². The van der Waals surface area contributed by atoms with Crippen LogP contribution in [-0.4, -0.2) is 28.6 Å². The minimum atomic E-state index is -1.01. The second kappa shape index (κ2) is 6.84. The molecule has 1 saturated heterocycles. The number of carbonyl (C=O) groups is 1. The van der Waals surface area contributed by atoms with Crippen LogP contribution in [0.3, 0.4) is 0 Å². The van der Waals surface area contributed by atoms with Crippen molar-refractivity contribution in [3.63, 3.8) is 0 Å². The Morgan fingerprint density at radius 2 is 2.20 bits per heavy atom. The lowest BCUT2D eigenvalue weighted by Crippen LogP contribution is -2.34. The lowest BCUT2D eigenvalue weighted by Gasteiger charge is -2.29. The first-order valence-corrected chi connectivity index (χ1v) is 7.37. The van der Waals surface area contributed by atoms with Crippen LogP contribution in [0, 0.1) is 5.82 Å². The Morgan fingerprint density at radius 1 is 1.40 bits per heavy atom. The molecule has 0 spiro atoms. The van der Waals surface area contributed by atoms with Crippen LogP contribution in [0.2, 0.25) is 0 Å². The fourth-order valence-corrected chi connectivity index (χ4v) is 2.95. The van der Waals surface area contributed by atoms with Gasteiger partial charge in [-0.15, -0.1) is 0 Å². The largest absolute Gasteiger partial charge is 0.478 e. The highest BCUT2D eigenvalue weighted by Gasteiger charge is 2.21. The van der Waals surface area contributed by atoms with Gasteiger partial charge in [0.25, 0.3) is 0 Å². The summed E-state index contributed by atoms with van der Waals surface area (Å²) in [6.07, 6.45) is 5.80. The van der Waals surface area contributed by atoms with Crippen LogP contribution in [0.15, 0.2) is 18.2 Å². The highest BCUT2D eigenvalue weighted by atomic mass is 19.1.